The van der Waals surface area contributed by atoms with Gasteiger partial charge in [0.25, 0.3) is 0 Å². The number of hydrogen-bond donors (Lipinski definition) is 2. The Labute approximate surface area is 413 Å². The molecule has 0 spiro atoms. The van der Waals surface area contributed by atoms with E-state index in [9.17, 15) is 10.2 Å². The van der Waals surface area contributed by atoms with Crippen molar-refractivity contribution in [3.8, 4) is 11.5 Å². The van der Waals surface area contributed by atoms with Crippen molar-refractivity contribution in [1.29, 1.82) is 0 Å². The smallest absolute Gasteiger partial charge is 0.119 e. The summed E-state index contributed by atoms with van der Waals surface area (Å²) >= 11 is 17.2. The first-order valence-corrected chi connectivity index (χ1v) is 26.2. The van der Waals surface area contributed by atoms with Gasteiger partial charge in [0, 0.05) is 76.8 Å². The van der Waals surface area contributed by atoms with Crippen LogP contribution in [-0.2, 0) is 12.8 Å². The van der Waals surface area contributed by atoms with E-state index in [1.807, 2.05) is 48.8 Å². The van der Waals surface area contributed by atoms with Crippen LogP contribution < -0.4 is 9.47 Å². The van der Waals surface area contributed by atoms with Crippen LogP contribution >= 0.6 is 46.7 Å². The number of piperidine rings is 2. The van der Waals surface area contributed by atoms with Crippen LogP contribution in [0.25, 0.3) is 21.8 Å². The number of pyridine rings is 2. The monoisotopic (exact) mass is 984 g/mol. The molecule has 356 valence electrons. The van der Waals surface area contributed by atoms with Gasteiger partial charge in [-0.3, -0.25) is 19.9 Å². The number of rotatable bonds is 22. The number of benzene rings is 2. The lowest BCUT2D eigenvalue weighted by molar-refractivity contribution is -0.153. The van der Waals surface area contributed by atoms with Gasteiger partial charge in [-0.2, -0.15) is 0 Å². The number of fused-ring (bicyclic) bond motifs is 2. The fourth-order valence-corrected chi connectivity index (χ4v) is 12.4. The maximum Gasteiger partial charge on any atom is 0.119 e. The van der Waals surface area contributed by atoms with Crippen LogP contribution in [0.4, 0.5) is 0 Å². The van der Waals surface area contributed by atoms with Gasteiger partial charge in [0.05, 0.1) is 59.9 Å². The number of nitrogens with zero attached hydrogens (tertiary/aromatic N) is 8. The van der Waals surface area contributed by atoms with E-state index in [-0.39, 0.29) is 0 Å². The van der Waals surface area contributed by atoms with Gasteiger partial charge in [-0.05, 0) is 151 Å². The first-order valence-electron chi connectivity index (χ1n) is 23.5. The molecule has 0 saturated carbocycles. The number of aryl methyl sites for hydroxylation is 2. The number of aromatic nitrogens is 6. The second-order valence-corrected chi connectivity index (χ2v) is 21.1. The number of aliphatic hydroxyl groups is 2. The van der Waals surface area contributed by atoms with Crippen LogP contribution in [0.5, 0.6) is 11.5 Å². The van der Waals surface area contributed by atoms with E-state index >= 15 is 0 Å². The van der Waals surface area contributed by atoms with Crippen molar-refractivity contribution >= 4 is 68.5 Å². The third kappa shape index (κ3) is 12.3. The van der Waals surface area contributed by atoms with Crippen LogP contribution in [0.2, 0.25) is 10.0 Å². The van der Waals surface area contributed by atoms with Gasteiger partial charge in [-0.25, -0.2) is 9.97 Å². The van der Waals surface area contributed by atoms with Crippen molar-refractivity contribution in [2.45, 2.75) is 92.9 Å². The Morgan fingerprint density at radius 2 is 1.06 bits per heavy atom. The third-order valence-corrected chi connectivity index (χ3v) is 16.9. The number of methoxy groups -OCH3 is 2. The molecule has 2 aromatic carbocycles. The average molecular weight is 986 g/mol. The summed E-state index contributed by atoms with van der Waals surface area (Å²) in [6.07, 6.45) is 20.9. The van der Waals surface area contributed by atoms with Crippen LogP contribution in [0.15, 0.2) is 96.0 Å². The van der Waals surface area contributed by atoms with Gasteiger partial charge in [0.2, 0.25) is 0 Å². The van der Waals surface area contributed by atoms with Gasteiger partial charge in [0.15, 0.2) is 0 Å². The van der Waals surface area contributed by atoms with E-state index in [2.05, 4.69) is 39.7 Å². The van der Waals surface area contributed by atoms with Gasteiger partial charge in [-0.15, -0.1) is 23.5 Å². The quantitative estimate of drug-likeness (QED) is 0.0492. The summed E-state index contributed by atoms with van der Waals surface area (Å²) in [7, 11) is 3.34. The number of likely N-dealkylation sites (tertiary alicyclic amines) is 2. The zero-order valence-corrected chi connectivity index (χ0v) is 41.7. The topological polar surface area (TPSA) is 143 Å². The van der Waals surface area contributed by atoms with Crippen molar-refractivity contribution in [2.24, 2.45) is 10.8 Å². The molecule has 0 radical (unpaired) electrons. The number of thioether (sulfide) groups is 2. The lowest BCUT2D eigenvalue weighted by Gasteiger charge is -2.52. The second kappa shape index (κ2) is 23.6. The van der Waals surface area contributed by atoms with Crippen molar-refractivity contribution in [3.63, 3.8) is 0 Å². The van der Waals surface area contributed by atoms with E-state index in [4.69, 9.17) is 32.7 Å². The normalized spacial score (nSPS) is 17.4. The number of aliphatic hydroxyl groups excluding tert-OH is 2. The highest BCUT2D eigenvalue weighted by Gasteiger charge is 2.51. The molecule has 2 aliphatic rings. The Balaban J connectivity index is 1.02. The molecule has 12 nitrogen and oxygen atoms in total. The van der Waals surface area contributed by atoms with Gasteiger partial charge in [0.1, 0.15) is 21.6 Å². The summed E-state index contributed by atoms with van der Waals surface area (Å²) in [4.78, 5) is 31.5. The first kappa shape index (κ1) is 49.6. The van der Waals surface area contributed by atoms with Crippen molar-refractivity contribution < 1.29 is 19.7 Å². The van der Waals surface area contributed by atoms with E-state index in [1.165, 1.54) is 0 Å². The molecule has 2 atom stereocenters. The minimum atomic E-state index is -0.919. The van der Waals surface area contributed by atoms with Gasteiger partial charge in [-0.1, -0.05) is 23.2 Å². The Hall–Kier alpha value is -3.86. The highest BCUT2D eigenvalue weighted by atomic mass is 35.5. The zero-order chi connectivity index (χ0) is 46.6. The van der Waals surface area contributed by atoms with Gasteiger partial charge >= 0.3 is 0 Å². The molecule has 2 saturated heterocycles. The molecule has 4 aromatic heterocycles. The maximum absolute atomic E-state index is 13.0. The Morgan fingerprint density at radius 3 is 1.51 bits per heavy atom. The highest BCUT2D eigenvalue weighted by Crippen LogP contribution is 2.49. The minimum absolute atomic E-state index is 0.490. The minimum Gasteiger partial charge on any atom is -0.497 e. The predicted octanol–water partition coefficient (Wildman–Crippen LogP) is 9.89. The van der Waals surface area contributed by atoms with Crippen molar-refractivity contribution in [3.05, 3.63) is 107 Å². The molecule has 2 unspecified atom stereocenters. The molecular formula is C51H62Cl2N8O4S2. The van der Waals surface area contributed by atoms with Gasteiger partial charge < -0.3 is 29.5 Å². The van der Waals surface area contributed by atoms with Crippen LogP contribution in [0.1, 0.15) is 68.9 Å². The Morgan fingerprint density at radius 1 is 0.597 bits per heavy atom. The molecule has 2 N–H and O–H groups in total. The Bertz CT molecular complexity index is 2520. The molecule has 6 aromatic rings. The molecular weight excluding hydrogens is 924 g/mol. The fraction of sp³-hybridized carbons (Fsp3) is 0.490. The molecule has 0 bridgehead atoms. The van der Waals surface area contributed by atoms with E-state index < -0.39 is 23.0 Å². The lowest BCUT2D eigenvalue weighted by Crippen LogP contribution is -2.57. The van der Waals surface area contributed by atoms with E-state index in [1.54, 1.807) is 74.9 Å². The average Bonchev–Trinajstić information content (AvgIpc) is 3.37. The number of halogens is 2. The Kier molecular flexibility index (Phi) is 17.5. The highest BCUT2D eigenvalue weighted by molar-refractivity contribution is 7.99. The zero-order valence-electron chi connectivity index (χ0n) is 38.5. The summed E-state index contributed by atoms with van der Waals surface area (Å²) in [6.45, 7) is 5.27. The maximum atomic E-state index is 13.0. The van der Waals surface area contributed by atoms with Crippen molar-refractivity contribution in [2.75, 3.05) is 65.0 Å². The number of hydrogen-bond acceptors (Lipinski definition) is 14. The molecule has 6 heterocycles. The SMILES string of the molecule is COc1ccc2ncc(Cl)c(CCCC3(C(O)C(O)C4(CCCc5c(Cl)cnc6ccc(OC)cc56)CCN(CCSc5cnccn5)CC4)CCN(CCCSc4cnccn4)CC3)c2c1. The summed E-state index contributed by atoms with van der Waals surface area (Å²) < 4.78 is 11.2. The molecule has 0 aliphatic carbocycles. The summed E-state index contributed by atoms with van der Waals surface area (Å²) in [5.74, 6) is 3.37. The summed E-state index contributed by atoms with van der Waals surface area (Å²) in [5.41, 5.74) is 2.83. The third-order valence-electron chi connectivity index (χ3n) is 14.3. The van der Waals surface area contributed by atoms with Crippen molar-refractivity contribution in [1.82, 2.24) is 39.7 Å². The fourth-order valence-electron chi connectivity index (χ4n) is 10.4. The predicted molar refractivity (Wildman–Crippen MR) is 271 cm³/mol. The summed E-state index contributed by atoms with van der Waals surface area (Å²) in [6, 6.07) is 11.8. The first-order chi connectivity index (χ1) is 32.7. The summed E-state index contributed by atoms with van der Waals surface area (Å²) in [5, 5.41) is 31.1. The molecule has 2 aliphatic heterocycles. The standard InChI is InChI=1S/C51H62Cl2N8O4S2/c1-64-36-8-10-44-40(30-36)38(42(52)32-58-44)6-3-12-50(14-23-60(24-15-50)22-5-28-66-46-34-54-18-20-56-46)48(62)49(63)51(16-25-61(26-17-51)27-29-67-47-35-55-19-21-57-47)13-4-7-39-41-31-37(65-2)9-11-45(41)59-33-43(39)53/h8-11,18-21,30-35,48-49,62-63H,3-7,12-17,22-29H2,1-2H3. The van der Waals surface area contributed by atoms with Crippen LogP contribution in [0, 0.1) is 10.8 Å². The van der Waals surface area contributed by atoms with Crippen LogP contribution in [0.3, 0.4) is 0 Å². The second-order valence-electron chi connectivity index (χ2n) is 18.1. The molecule has 8 rings (SSSR count). The lowest BCUT2D eigenvalue weighted by atomic mass is 9.61. The molecule has 2 fully saturated rings. The van der Waals surface area contributed by atoms with E-state index in [0.717, 1.165) is 169 Å². The molecule has 16 heteroatoms. The molecule has 0 amide bonds. The molecule has 67 heavy (non-hydrogen) atoms. The van der Waals surface area contributed by atoms with E-state index in [0.29, 0.717) is 16.5 Å². The number of ether oxygens (including phenoxy) is 2. The van der Waals surface area contributed by atoms with Crippen LogP contribution in [-0.4, -0.2) is 127 Å². The largest absolute Gasteiger partial charge is 0.497 e.